The second-order valence-corrected chi connectivity index (χ2v) is 6.08. The molecule has 1 heterocycles. The summed E-state index contributed by atoms with van der Waals surface area (Å²) in [5.74, 6) is 1.22. The Morgan fingerprint density at radius 1 is 1.71 bits per heavy atom. The maximum absolute atomic E-state index is 4.40. The van der Waals surface area contributed by atoms with Crippen LogP contribution in [0.15, 0.2) is 12.4 Å². The minimum atomic E-state index is 0.452. The van der Waals surface area contributed by atoms with Gasteiger partial charge in [-0.3, -0.25) is 0 Å². The maximum atomic E-state index is 4.40. The van der Waals surface area contributed by atoms with E-state index in [-0.39, 0.29) is 0 Å². The summed E-state index contributed by atoms with van der Waals surface area (Å²) >= 11 is 3.71. The molecule has 0 amide bonds. The summed E-state index contributed by atoms with van der Waals surface area (Å²) in [5.41, 5.74) is 0.452. The first-order valence-electron chi connectivity index (χ1n) is 5.19. The van der Waals surface area contributed by atoms with Crippen molar-refractivity contribution < 1.29 is 0 Å². The van der Waals surface area contributed by atoms with Crippen molar-refractivity contribution in [1.29, 1.82) is 0 Å². The number of hydrogen-bond donors (Lipinski definition) is 0. The Bertz CT molecular complexity index is 321. The van der Waals surface area contributed by atoms with Crippen molar-refractivity contribution in [2.45, 2.75) is 37.4 Å². The van der Waals surface area contributed by atoms with Crippen LogP contribution in [0, 0.1) is 5.41 Å². The van der Waals surface area contributed by atoms with Crippen molar-refractivity contribution >= 4 is 15.9 Å². The van der Waals surface area contributed by atoms with Gasteiger partial charge in [0, 0.05) is 30.7 Å². The van der Waals surface area contributed by atoms with Crippen LogP contribution in [0.3, 0.4) is 0 Å². The number of imidazole rings is 1. The fourth-order valence-corrected chi connectivity index (χ4v) is 3.36. The number of hydrogen-bond acceptors (Lipinski definition) is 1. The molecule has 1 aromatic heterocycles. The van der Waals surface area contributed by atoms with Crippen LogP contribution >= 0.6 is 15.9 Å². The van der Waals surface area contributed by atoms with Gasteiger partial charge in [-0.15, -0.1) is 0 Å². The van der Waals surface area contributed by atoms with E-state index in [4.69, 9.17) is 0 Å². The summed E-state index contributed by atoms with van der Waals surface area (Å²) in [6.07, 6.45) is 8.92. The molecule has 78 valence electrons. The first kappa shape index (κ1) is 10.2. The lowest BCUT2D eigenvalue weighted by molar-refractivity contribution is 0.325. The van der Waals surface area contributed by atoms with Gasteiger partial charge in [0.15, 0.2) is 0 Å². The minimum absolute atomic E-state index is 0.452. The molecule has 2 atom stereocenters. The van der Waals surface area contributed by atoms with Gasteiger partial charge in [0.2, 0.25) is 0 Å². The molecule has 1 aliphatic rings. The maximum Gasteiger partial charge on any atom is 0.108 e. The predicted molar refractivity (Wildman–Crippen MR) is 61.6 cm³/mol. The minimum Gasteiger partial charge on any atom is -0.338 e. The zero-order chi connectivity index (χ0) is 10.2. The van der Waals surface area contributed by atoms with Gasteiger partial charge in [0.05, 0.1) is 0 Å². The number of nitrogens with zero attached hydrogens (tertiary/aromatic N) is 2. The van der Waals surface area contributed by atoms with Gasteiger partial charge < -0.3 is 4.57 Å². The third kappa shape index (κ3) is 2.02. The molecule has 14 heavy (non-hydrogen) atoms. The van der Waals surface area contributed by atoms with Crippen LogP contribution < -0.4 is 0 Å². The van der Waals surface area contributed by atoms with E-state index in [1.807, 2.05) is 12.4 Å². The number of halogens is 1. The van der Waals surface area contributed by atoms with Crippen molar-refractivity contribution in [2.75, 3.05) is 0 Å². The normalized spacial score (nSPS) is 32.4. The lowest BCUT2D eigenvalue weighted by Gasteiger charge is -2.23. The van der Waals surface area contributed by atoms with E-state index >= 15 is 0 Å². The molecule has 2 unspecified atom stereocenters. The molecular weight excluding hydrogens is 240 g/mol. The highest BCUT2D eigenvalue weighted by atomic mass is 79.9. The van der Waals surface area contributed by atoms with E-state index < -0.39 is 0 Å². The molecule has 0 bridgehead atoms. The molecule has 1 aromatic rings. The Morgan fingerprint density at radius 3 is 3.00 bits per heavy atom. The van der Waals surface area contributed by atoms with E-state index in [2.05, 4.69) is 39.5 Å². The smallest absolute Gasteiger partial charge is 0.108 e. The Morgan fingerprint density at radius 2 is 2.50 bits per heavy atom. The van der Waals surface area contributed by atoms with Crippen LogP contribution in [0.2, 0.25) is 0 Å². The molecule has 0 N–H and O–H groups in total. The molecule has 0 spiro atoms. The quantitative estimate of drug-likeness (QED) is 0.745. The zero-order valence-corrected chi connectivity index (χ0v) is 10.4. The molecule has 3 heteroatoms. The lowest BCUT2D eigenvalue weighted by Crippen LogP contribution is -2.18. The summed E-state index contributed by atoms with van der Waals surface area (Å²) in [4.78, 5) is 5.11. The summed E-state index contributed by atoms with van der Waals surface area (Å²) < 4.78 is 2.13. The third-order valence-corrected chi connectivity index (χ3v) is 4.06. The van der Waals surface area contributed by atoms with Crippen LogP contribution in [0.5, 0.6) is 0 Å². The van der Waals surface area contributed by atoms with Crippen molar-refractivity contribution in [3.05, 3.63) is 18.2 Å². The van der Waals surface area contributed by atoms with Crippen LogP contribution in [-0.4, -0.2) is 14.4 Å². The average Bonchev–Trinajstić information content (AvgIpc) is 2.62. The number of aryl methyl sites for hydroxylation is 1. The van der Waals surface area contributed by atoms with Gasteiger partial charge in [0.25, 0.3) is 0 Å². The topological polar surface area (TPSA) is 17.8 Å². The monoisotopic (exact) mass is 256 g/mol. The summed E-state index contributed by atoms with van der Waals surface area (Å²) in [6, 6.07) is 0. The average molecular weight is 257 g/mol. The molecule has 0 aromatic carbocycles. The van der Waals surface area contributed by atoms with Gasteiger partial charge in [-0.05, 0) is 24.7 Å². The fraction of sp³-hybridized carbons (Fsp3) is 0.727. The third-order valence-electron chi connectivity index (χ3n) is 3.28. The van der Waals surface area contributed by atoms with Crippen LogP contribution in [-0.2, 0) is 13.5 Å². The van der Waals surface area contributed by atoms with Crippen LogP contribution in [0.25, 0.3) is 0 Å². The highest BCUT2D eigenvalue weighted by Crippen LogP contribution is 2.43. The van der Waals surface area contributed by atoms with Gasteiger partial charge in [-0.2, -0.15) is 0 Å². The fourth-order valence-electron chi connectivity index (χ4n) is 2.35. The number of alkyl halides is 1. The molecule has 0 radical (unpaired) electrons. The van der Waals surface area contributed by atoms with Gasteiger partial charge in [0.1, 0.15) is 5.82 Å². The number of rotatable bonds is 2. The first-order valence-corrected chi connectivity index (χ1v) is 6.11. The van der Waals surface area contributed by atoms with E-state index in [0.717, 1.165) is 6.42 Å². The number of aromatic nitrogens is 2. The second-order valence-electron chi connectivity index (χ2n) is 4.78. The SMILES string of the molecule is Cn1ccnc1CC1(C)CCC(Br)C1. The Hall–Kier alpha value is -0.310. The first-order chi connectivity index (χ1) is 6.59. The van der Waals surface area contributed by atoms with Gasteiger partial charge >= 0.3 is 0 Å². The largest absolute Gasteiger partial charge is 0.338 e. The van der Waals surface area contributed by atoms with Crippen molar-refractivity contribution in [3.63, 3.8) is 0 Å². The molecule has 1 fully saturated rings. The summed E-state index contributed by atoms with van der Waals surface area (Å²) in [6.45, 7) is 2.38. The van der Waals surface area contributed by atoms with E-state index in [9.17, 15) is 0 Å². The molecule has 2 rings (SSSR count). The van der Waals surface area contributed by atoms with E-state index in [0.29, 0.717) is 10.2 Å². The molecule has 0 aliphatic heterocycles. The van der Waals surface area contributed by atoms with Crippen molar-refractivity contribution in [3.8, 4) is 0 Å². The van der Waals surface area contributed by atoms with Gasteiger partial charge in [-0.25, -0.2) is 4.98 Å². The molecule has 1 saturated carbocycles. The lowest BCUT2D eigenvalue weighted by atomic mass is 9.85. The molecule has 0 saturated heterocycles. The second kappa shape index (κ2) is 3.69. The van der Waals surface area contributed by atoms with Crippen molar-refractivity contribution in [1.82, 2.24) is 9.55 Å². The van der Waals surface area contributed by atoms with Gasteiger partial charge in [-0.1, -0.05) is 22.9 Å². The zero-order valence-electron chi connectivity index (χ0n) is 8.83. The Kier molecular flexibility index (Phi) is 2.69. The Balaban J connectivity index is 2.07. The predicted octanol–water partition coefficient (Wildman–Crippen LogP) is 2.92. The molecule has 1 aliphatic carbocycles. The van der Waals surface area contributed by atoms with E-state index in [1.165, 1.54) is 25.1 Å². The standard InChI is InChI=1S/C11H17BrN2/c1-11(4-3-9(12)7-11)8-10-13-5-6-14(10)2/h5-6,9H,3-4,7-8H2,1-2H3. The van der Waals surface area contributed by atoms with E-state index in [1.54, 1.807) is 0 Å². The highest BCUT2D eigenvalue weighted by Gasteiger charge is 2.34. The van der Waals surface area contributed by atoms with Crippen molar-refractivity contribution in [2.24, 2.45) is 12.5 Å². The molecular formula is C11H17BrN2. The van der Waals surface area contributed by atoms with Crippen LogP contribution in [0.4, 0.5) is 0 Å². The summed E-state index contributed by atoms with van der Waals surface area (Å²) in [5, 5.41) is 0. The summed E-state index contributed by atoms with van der Waals surface area (Å²) in [7, 11) is 2.08. The highest BCUT2D eigenvalue weighted by molar-refractivity contribution is 9.09. The Labute approximate surface area is 93.9 Å². The van der Waals surface area contributed by atoms with Crippen LogP contribution in [0.1, 0.15) is 32.0 Å². The molecule has 2 nitrogen and oxygen atoms in total.